The van der Waals surface area contributed by atoms with Crippen molar-refractivity contribution in [3.05, 3.63) is 18.0 Å². The molecule has 116 valence electrons. The number of aromatic nitrogens is 2. The smallest absolute Gasteiger partial charge is 0.410 e. The molecule has 21 heavy (non-hydrogen) atoms. The Morgan fingerprint density at radius 3 is 2.81 bits per heavy atom. The van der Waals surface area contributed by atoms with E-state index in [2.05, 4.69) is 5.10 Å². The van der Waals surface area contributed by atoms with E-state index in [0.717, 1.165) is 12.8 Å². The maximum Gasteiger partial charge on any atom is 0.410 e. The van der Waals surface area contributed by atoms with Crippen molar-refractivity contribution < 1.29 is 19.4 Å². The summed E-state index contributed by atoms with van der Waals surface area (Å²) in [6.45, 7) is 6.47. The van der Waals surface area contributed by atoms with Gasteiger partial charge in [0.25, 0.3) is 0 Å². The molecule has 2 heterocycles. The molecule has 0 bridgehead atoms. The highest BCUT2D eigenvalue weighted by molar-refractivity contribution is 5.85. The first-order chi connectivity index (χ1) is 9.78. The fraction of sp³-hybridized carbons (Fsp3) is 0.643. The summed E-state index contributed by atoms with van der Waals surface area (Å²) in [6.07, 6.45) is 2.80. The molecule has 1 atom stereocenters. The third-order valence-electron chi connectivity index (χ3n) is 3.32. The van der Waals surface area contributed by atoms with E-state index < -0.39 is 11.6 Å². The maximum atomic E-state index is 12.2. The normalized spacial score (nSPS) is 18.8. The van der Waals surface area contributed by atoms with Crippen molar-refractivity contribution in [3.8, 4) is 0 Å². The number of hydrogen-bond donors (Lipinski definition) is 1. The number of carboxylic acid groups (broad SMARTS) is 1. The SMILES string of the molecule is CC(C)(C)OC(=O)N1CCC[C@H]1Cn1nccc1C(=O)O. The fourth-order valence-corrected chi connectivity index (χ4v) is 2.45. The number of hydrogen-bond acceptors (Lipinski definition) is 4. The van der Waals surface area contributed by atoms with Crippen molar-refractivity contribution in [2.75, 3.05) is 6.54 Å². The molecule has 1 aromatic heterocycles. The van der Waals surface area contributed by atoms with Crippen molar-refractivity contribution >= 4 is 12.1 Å². The molecular weight excluding hydrogens is 274 g/mol. The zero-order valence-corrected chi connectivity index (χ0v) is 12.6. The highest BCUT2D eigenvalue weighted by Gasteiger charge is 2.33. The summed E-state index contributed by atoms with van der Waals surface area (Å²) in [5.41, 5.74) is -0.409. The second-order valence-corrected chi connectivity index (χ2v) is 6.17. The number of likely N-dealkylation sites (tertiary alicyclic amines) is 1. The van der Waals surface area contributed by atoms with Crippen LogP contribution in [-0.2, 0) is 11.3 Å². The number of carboxylic acids is 1. The molecule has 0 aliphatic carbocycles. The van der Waals surface area contributed by atoms with E-state index in [0.29, 0.717) is 13.1 Å². The molecule has 0 saturated carbocycles. The Morgan fingerprint density at radius 2 is 2.19 bits per heavy atom. The standard InChI is InChI=1S/C14H21N3O4/c1-14(2,3)21-13(20)16-8-4-5-10(16)9-17-11(12(18)19)6-7-15-17/h6-7,10H,4-5,8-9H2,1-3H3,(H,18,19)/t10-/m0/s1. The zero-order valence-electron chi connectivity index (χ0n) is 12.6. The van der Waals surface area contributed by atoms with Gasteiger partial charge in [-0.25, -0.2) is 9.59 Å². The van der Waals surface area contributed by atoms with Crippen molar-refractivity contribution in [3.63, 3.8) is 0 Å². The van der Waals surface area contributed by atoms with Gasteiger partial charge < -0.3 is 14.7 Å². The van der Waals surface area contributed by atoms with Crippen LogP contribution in [0.5, 0.6) is 0 Å². The summed E-state index contributed by atoms with van der Waals surface area (Å²) in [5.74, 6) is -1.02. The van der Waals surface area contributed by atoms with Crippen molar-refractivity contribution in [2.45, 2.75) is 51.8 Å². The van der Waals surface area contributed by atoms with Gasteiger partial charge in [0.1, 0.15) is 11.3 Å². The van der Waals surface area contributed by atoms with Crippen LogP contribution in [0.3, 0.4) is 0 Å². The molecule has 0 aromatic carbocycles. The Balaban J connectivity index is 2.07. The lowest BCUT2D eigenvalue weighted by Crippen LogP contribution is -2.41. The average molecular weight is 295 g/mol. The van der Waals surface area contributed by atoms with Crippen molar-refractivity contribution in [2.24, 2.45) is 0 Å². The van der Waals surface area contributed by atoms with E-state index in [9.17, 15) is 9.59 Å². The molecule has 1 amide bonds. The van der Waals surface area contributed by atoms with Crippen LogP contribution in [-0.4, -0.2) is 50.0 Å². The molecule has 0 radical (unpaired) electrons. The molecule has 1 aliphatic rings. The first-order valence-corrected chi connectivity index (χ1v) is 7.02. The molecule has 1 fully saturated rings. The van der Waals surface area contributed by atoms with Gasteiger partial charge in [-0.3, -0.25) is 4.68 Å². The van der Waals surface area contributed by atoms with E-state index >= 15 is 0 Å². The van der Waals surface area contributed by atoms with E-state index in [1.807, 2.05) is 20.8 Å². The van der Waals surface area contributed by atoms with Gasteiger partial charge in [0.15, 0.2) is 0 Å². The number of carbonyl (C=O) groups excluding carboxylic acids is 1. The van der Waals surface area contributed by atoms with Gasteiger partial charge in [0, 0.05) is 12.7 Å². The van der Waals surface area contributed by atoms with Gasteiger partial charge in [-0.2, -0.15) is 5.10 Å². The van der Waals surface area contributed by atoms with Crippen LogP contribution in [0.4, 0.5) is 4.79 Å². The summed E-state index contributed by atoms with van der Waals surface area (Å²) in [5, 5.41) is 13.1. The van der Waals surface area contributed by atoms with Crippen LogP contribution >= 0.6 is 0 Å². The Bertz CT molecular complexity index is 533. The Labute approximate surface area is 123 Å². The summed E-state index contributed by atoms with van der Waals surface area (Å²) in [7, 11) is 0. The molecular formula is C14H21N3O4. The van der Waals surface area contributed by atoms with E-state index in [4.69, 9.17) is 9.84 Å². The number of carbonyl (C=O) groups is 2. The van der Waals surface area contributed by atoms with Gasteiger partial charge in [-0.05, 0) is 39.7 Å². The highest BCUT2D eigenvalue weighted by Crippen LogP contribution is 2.22. The lowest BCUT2D eigenvalue weighted by molar-refractivity contribution is 0.0211. The molecule has 1 N–H and O–H groups in total. The van der Waals surface area contributed by atoms with Gasteiger partial charge in [-0.15, -0.1) is 0 Å². The number of ether oxygens (including phenoxy) is 1. The summed E-state index contributed by atoms with van der Waals surface area (Å²) in [4.78, 5) is 24.9. The number of nitrogens with zero attached hydrogens (tertiary/aromatic N) is 3. The average Bonchev–Trinajstić information content (AvgIpc) is 2.95. The van der Waals surface area contributed by atoms with Crippen LogP contribution in [0.1, 0.15) is 44.1 Å². The third kappa shape index (κ3) is 3.74. The lowest BCUT2D eigenvalue weighted by Gasteiger charge is -2.28. The first-order valence-electron chi connectivity index (χ1n) is 7.02. The maximum absolute atomic E-state index is 12.2. The summed E-state index contributed by atoms with van der Waals surface area (Å²) in [6, 6.07) is 1.37. The number of rotatable bonds is 3. The molecule has 2 rings (SSSR count). The Hall–Kier alpha value is -2.05. The monoisotopic (exact) mass is 295 g/mol. The Morgan fingerprint density at radius 1 is 1.48 bits per heavy atom. The topological polar surface area (TPSA) is 84.7 Å². The van der Waals surface area contributed by atoms with Gasteiger partial charge >= 0.3 is 12.1 Å². The van der Waals surface area contributed by atoms with Gasteiger partial charge in [-0.1, -0.05) is 0 Å². The third-order valence-corrected chi connectivity index (χ3v) is 3.32. The van der Waals surface area contributed by atoms with Crippen LogP contribution < -0.4 is 0 Å². The van der Waals surface area contributed by atoms with Crippen molar-refractivity contribution in [1.82, 2.24) is 14.7 Å². The van der Waals surface area contributed by atoms with Gasteiger partial charge in [0.05, 0.1) is 12.6 Å². The minimum atomic E-state index is -1.02. The van der Waals surface area contributed by atoms with E-state index in [1.54, 1.807) is 4.90 Å². The van der Waals surface area contributed by atoms with Crippen LogP contribution in [0.2, 0.25) is 0 Å². The molecule has 1 saturated heterocycles. The summed E-state index contributed by atoms with van der Waals surface area (Å²) < 4.78 is 6.82. The molecule has 7 heteroatoms. The second-order valence-electron chi connectivity index (χ2n) is 6.17. The quantitative estimate of drug-likeness (QED) is 0.921. The first kappa shape index (κ1) is 15.3. The minimum absolute atomic E-state index is 0.0853. The van der Waals surface area contributed by atoms with Crippen LogP contribution in [0.15, 0.2) is 12.3 Å². The van der Waals surface area contributed by atoms with Crippen LogP contribution in [0.25, 0.3) is 0 Å². The van der Waals surface area contributed by atoms with Crippen LogP contribution in [0, 0.1) is 0 Å². The molecule has 7 nitrogen and oxygen atoms in total. The zero-order chi connectivity index (χ0) is 15.6. The predicted octanol–water partition coefficient (Wildman–Crippen LogP) is 1.98. The number of aromatic carboxylic acids is 1. The van der Waals surface area contributed by atoms with Gasteiger partial charge in [0.2, 0.25) is 0 Å². The lowest BCUT2D eigenvalue weighted by atomic mass is 10.2. The molecule has 0 unspecified atom stereocenters. The second kappa shape index (κ2) is 5.75. The van der Waals surface area contributed by atoms with E-state index in [-0.39, 0.29) is 17.8 Å². The highest BCUT2D eigenvalue weighted by atomic mass is 16.6. The molecule has 0 spiro atoms. The Kier molecular flexibility index (Phi) is 4.20. The largest absolute Gasteiger partial charge is 0.477 e. The van der Waals surface area contributed by atoms with Crippen molar-refractivity contribution in [1.29, 1.82) is 0 Å². The molecule has 1 aliphatic heterocycles. The fourth-order valence-electron chi connectivity index (χ4n) is 2.45. The summed E-state index contributed by atoms with van der Waals surface area (Å²) >= 11 is 0. The number of amides is 1. The minimum Gasteiger partial charge on any atom is -0.477 e. The van der Waals surface area contributed by atoms with E-state index in [1.165, 1.54) is 16.9 Å². The molecule has 1 aromatic rings. The predicted molar refractivity (Wildman–Crippen MR) is 75.1 cm³/mol.